The van der Waals surface area contributed by atoms with Crippen LogP contribution < -0.4 is 5.32 Å². The molecule has 0 aromatic rings. The largest absolute Gasteiger partial charge is 0.422 e. The van der Waals surface area contributed by atoms with Crippen molar-refractivity contribution in [3.63, 3.8) is 0 Å². The Morgan fingerprint density at radius 1 is 1.55 bits per heavy atom. The molecule has 0 atom stereocenters. The van der Waals surface area contributed by atoms with Gasteiger partial charge in [-0.05, 0) is 19.9 Å². The van der Waals surface area contributed by atoms with Crippen molar-refractivity contribution in [1.82, 2.24) is 5.32 Å². The van der Waals surface area contributed by atoms with E-state index in [1.165, 1.54) is 0 Å². The molecule has 0 spiro atoms. The van der Waals surface area contributed by atoms with Gasteiger partial charge in [-0.15, -0.1) is 0 Å². The first-order valence-electron chi connectivity index (χ1n) is 3.54. The molecule has 1 N–H and O–H groups in total. The number of rotatable bonds is 4. The highest BCUT2D eigenvalue weighted by Crippen LogP contribution is 2.13. The molecule has 0 aromatic heterocycles. The maximum absolute atomic E-state index is 12.3. The molecule has 0 heterocycles. The van der Waals surface area contributed by atoms with E-state index in [4.69, 9.17) is 12.2 Å². The van der Waals surface area contributed by atoms with Gasteiger partial charge in [0.1, 0.15) is 0 Å². The molecule has 0 amide bonds. The average Bonchev–Trinajstić information content (AvgIpc) is 1.78. The van der Waals surface area contributed by atoms with Crippen LogP contribution in [0.4, 0.5) is 8.22 Å². The smallest absolute Gasteiger partial charge is 0.380 e. The molecule has 0 radical (unpaired) electrons. The zero-order chi connectivity index (χ0) is 8.91. The first-order valence-corrected chi connectivity index (χ1v) is 6.41. The van der Waals surface area contributed by atoms with Crippen molar-refractivity contribution < 1.29 is 8.22 Å². The Kier molecular flexibility index (Phi) is 4.75. The van der Waals surface area contributed by atoms with Crippen LogP contribution in [0.5, 0.6) is 0 Å². The highest BCUT2D eigenvalue weighted by Gasteiger charge is 2.26. The van der Waals surface area contributed by atoms with Crippen molar-refractivity contribution in [2.24, 2.45) is 0 Å². The van der Waals surface area contributed by atoms with Crippen LogP contribution in [0.15, 0.2) is 0 Å². The van der Waals surface area contributed by atoms with Gasteiger partial charge in [0.15, 0.2) is 0 Å². The molecule has 66 valence electrons. The minimum Gasteiger partial charge on any atom is -0.380 e. The SMILES string of the molecule is CC(=S)NCCC[Si](C)(F)F. The van der Waals surface area contributed by atoms with E-state index in [1.54, 1.807) is 6.92 Å². The van der Waals surface area contributed by atoms with Gasteiger partial charge < -0.3 is 5.32 Å². The molecule has 0 aliphatic carbocycles. The Balaban J connectivity index is 3.22. The number of nitrogens with one attached hydrogen (secondary N) is 1. The summed E-state index contributed by atoms with van der Waals surface area (Å²) < 4.78 is 24.7. The van der Waals surface area contributed by atoms with E-state index < -0.39 is 8.74 Å². The Morgan fingerprint density at radius 2 is 2.09 bits per heavy atom. The first-order chi connectivity index (χ1) is 4.92. The summed E-state index contributed by atoms with van der Waals surface area (Å²) in [5, 5.41) is 2.84. The van der Waals surface area contributed by atoms with Crippen LogP contribution in [0.2, 0.25) is 12.6 Å². The van der Waals surface area contributed by atoms with E-state index in [-0.39, 0.29) is 6.04 Å². The lowest BCUT2D eigenvalue weighted by atomic mass is 10.5. The second kappa shape index (κ2) is 4.77. The summed E-state index contributed by atoms with van der Waals surface area (Å²) in [6.07, 6.45) is 0.518. The Morgan fingerprint density at radius 3 is 2.45 bits per heavy atom. The maximum Gasteiger partial charge on any atom is 0.422 e. The lowest BCUT2D eigenvalue weighted by Gasteiger charge is -2.06. The number of halogens is 2. The van der Waals surface area contributed by atoms with Crippen LogP contribution in [-0.4, -0.2) is 20.3 Å². The lowest BCUT2D eigenvalue weighted by Crippen LogP contribution is -2.23. The van der Waals surface area contributed by atoms with Gasteiger partial charge in [0.05, 0.1) is 4.99 Å². The molecule has 5 heteroatoms. The van der Waals surface area contributed by atoms with E-state index >= 15 is 0 Å². The fourth-order valence-electron chi connectivity index (χ4n) is 0.663. The summed E-state index contributed by atoms with van der Waals surface area (Å²) in [7, 11) is -3.81. The summed E-state index contributed by atoms with van der Waals surface area (Å²) >= 11 is 4.72. The molecular formula is C6H13F2NSSi. The Bertz CT molecular complexity index is 135. The fourth-order valence-corrected chi connectivity index (χ4v) is 1.56. The van der Waals surface area contributed by atoms with Crippen LogP contribution in [0.3, 0.4) is 0 Å². The van der Waals surface area contributed by atoms with Gasteiger partial charge in [-0.2, -0.15) is 0 Å². The fraction of sp³-hybridized carbons (Fsp3) is 0.833. The average molecular weight is 197 g/mol. The van der Waals surface area contributed by atoms with Crippen LogP contribution in [0.25, 0.3) is 0 Å². The Hall–Kier alpha value is -0.0331. The van der Waals surface area contributed by atoms with Gasteiger partial charge in [0, 0.05) is 12.6 Å². The number of hydrogen-bond acceptors (Lipinski definition) is 1. The standard InChI is InChI=1S/C6H13F2NSSi/c1-6(10)9-4-3-5-11(2,7)8/h3-5H2,1-2H3,(H,9,10). The molecule has 0 aliphatic heterocycles. The van der Waals surface area contributed by atoms with Crippen LogP contribution in [-0.2, 0) is 0 Å². The summed E-state index contributed by atoms with van der Waals surface area (Å²) in [6.45, 7) is 3.39. The minimum absolute atomic E-state index is 0.0581. The van der Waals surface area contributed by atoms with Gasteiger partial charge in [-0.3, -0.25) is 8.22 Å². The monoisotopic (exact) mass is 197 g/mol. The summed E-state index contributed by atoms with van der Waals surface area (Å²) in [5.74, 6) is 0. The van der Waals surface area contributed by atoms with Crippen molar-refractivity contribution in [2.75, 3.05) is 6.54 Å². The molecule has 0 rings (SSSR count). The third-order valence-electron chi connectivity index (χ3n) is 1.17. The zero-order valence-corrected chi connectivity index (χ0v) is 8.60. The van der Waals surface area contributed by atoms with Crippen molar-refractivity contribution in [3.8, 4) is 0 Å². The van der Waals surface area contributed by atoms with Gasteiger partial charge in [0.25, 0.3) is 0 Å². The van der Waals surface area contributed by atoms with Crippen LogP contribution in [0.1, 0.15) is 13.3 Å². The first kappa shape index (κ1) is 11.0. The molecule has 0 aliphatic rings. The molecular weight excluding hydrogens is 184 g/mol. The third kappa shape index (κ3) is 9.97. The third-order valence-corrected chi connectivity index (χ3v) is 2.54. The molecule has 0 aromatic carbocycles. The van der Waals surface area contributed by atoms with Crippen LogP contribution in [0, 0.1) is 0 Å². The topological polar surface area (TPSA) is 12.0 Å². The molecule has 0 bridgehead atoms. The van der Waals surface area contributed by atoms with Gasteiger partial charge in [0.2, 0.25) is 0 Å². The number of thiocarbonyl (C=S) groups is 1. The second-order valence-corrected chi connectivity index (χ2v) is 5.91. The highest BCUT2D eigenvalue weighted by molar-refractivity contribution is 7.80. The van der Waals surface area contributed by atoms with Crippen LogP contribution >= 0.6 is 12.2 Å². The molecule has 0 unspecified atom stereocenters. The van der Waals surface area contributed by atoms with E-state index in [9.17, 15) is 8.22 Å². The molecule has 11 heavy (non-hydrogen) atoms. The van der Waals surface area contributed by atoms with Gasteiger partial charge >= 0.3 is 8.74 Å². The summed E-state index contributed by atoms with van der Waals surface area (Å²) in [4.78, 5) is 0.672. The van der Waals surface area contributed by atoms with Crippen molar-refractivity contribution >= 4 is 25.9 Å². The van der Waals surface area contributed by atoms with Gasteiger partial charge in [-0.25, -0.2) is 0 Å². The van der Waals surface area contributed by atoms with Crippen molar-refractivity contribution in [2.45, 2.75) is 25.9 Å². The van der Waals surface area contributed by atoms with E-state index in [1.807, 2.05) is 0 Å². The summed E-state index contributed by atoms with van der Waals surface area (Å²) in [5.41, 5.74) is 0. The minimum atomic E-state index is -3.81. The van der Waals surface area contributed by atoms with Gasteiger partial charge in [-0.1, -0.05) is 12.2 Å². The van der Waals surface area contributed by atoms with Crippen molar-refractivity contribution in [1.29, 1.82) is 0 Å². The molecule has 1 nitrogen and oxygen atoms in total. The normalized spacial score (nSPS) is 11.3. The van der Waals surface area contributed by atoms with E-state index in [2.05, 4.69) is 5.32 Å². The molecule has 0 fully saturated rings. The van der Waals surface area contributed by atoms with Crippen molar-refractivity contribution in [3.05, 3.63) is 0 Å². The predicted molar refractivity (Wildman–Crippen MR) is 49.5 cm³/mol. The lowest BCUT2D eigenvalue weighted by molar-refractivity contribution is 0.596. The van der Waals surface area contributed by atoms with E-state index in [0.29, 0.717) is 18.0 Å². The predicted octanol–water partition coefficient (Wildman–Crippen LogP) is 2.32. The Labute approximate surface area is 72.5 Å². The highest BCUT2D eigenvalue weighted by atomic mass is 32.1. The summed E-state index contributed by atoms with van der Waals surface area (Å²) in [6, 6.07) is 0.0581. The second-order valence-electron chi connectivity index (χ2n) is 2.66. The quantitative estimate of drug-likeness (QED) is 0.321. The molecule has 0 saturated carbocycles. The molecule has 0 saturated heterocycles. The number of hydrogen-bond donors (Lipinski definition) is 1. The zero-order valence-electron chi connectivity index (χ0n) is 6.79. The maximum atomic E-state index is 12.3. The van der Waals surface area contributed by atoms with E-state index in [0.717, 1.165) is 6.55 Å².